The number of aldehydes is 1. The fourth-order valence-corrected chi connectivity index (χ4v) is 1.65. The van der Waals surface area contributed by atoms with Crippen molar-refractivity contribution in [3.05, 3.63) is 35.3 Å². The molecule has 1 aromatic carbocycles. The number of methoxy groups -OCH3 is 1. The van der Waals surface area contributed by atoms with Crippen LogP contribution in [0.4, 0.5) is 4.39 Å². The van der Waals surface area contributed by atoms with Gasteiger partial charge in [-0.3, -0.25) is 9.89 Å². The second-order valence-electron chi connectivity index (χ2n) is 3.57. The van der Waals surface area contributed by atoms with Gasteiger partial charge in [-0.15, -0.1) is 0 Å². The van der Waals surface area contributed by atoms with Crippen LogP contribution in [-0.2, 0) is 0 Å². The van der Waals surface area contributed by atoms with Gasteiger partial charge < -0.3 is 4.74 Å². The number of hydrogen-bond donors (Lipinski definition) is 1. The van der Waals surface area contributed by atoms with Gasteiger partial charge in [0.25, 0.3) is 0 Å². The molecule has 0 aliphatic heterocycles. The zero-order valence-electron chi connectivity index (χ0n) is 9.45. The highest BCUT2D eigenvalue weighted by molar-refractivity contribution is 5.88. The Morgan fingerprint density at radius 2 is 2.24 bits per heavy atom. The predicted molar refractivity (Wildman–Crippen MR) is 60.7 cm³/mol. The molecular weight excluding hydrogens is 223 g/mol. The number of aromatic amines is 1. The Bertz CT molecular complexity index is 564. The highest BCUT2D eigenvalue weighted by atomic mass is 19.1. The molecule has 0 saturated carbocycles. The van der Waals surface area contributed by atoms with Crippen molar-refractivity contribution in [2.75, 3.05) is 7.11 Å². The topological polar surface area (TPSA) is 55.0 Å². The average Bonchev–Trinajstić information content (AvgIpc) is 2.70. The summed E-state index contributed by atoms with van der Waals surface area (Å²) < 4.78 is 18.4. The van der Waals surface area contributed by atoms with Crippen LogP contribution in [0, 0.1) is 12.7 Å². The first-order valence-electron chi connectivity index (χ1n) is 5.01. The molecule has 0 aliphatic carbocycles. The molecule has 0 amide bonds. The smallest absolute Gasteiger partial charge is 0.154 e. The number of aryl methyl sites for hydroxylation is 1. The quantitative estimate of drug-likeness (QED) is 0.829. The molecule has 0 atom stereocenters. The monoisotopic (exact) mass is 234 g/mol. The number of H-pyrrole nitrogens is 1. The Kier molecular flexibility index (Phi) is 2.91. The number of hydrogen-bond acceptors (Lipinski definition) is 3. The summed E-state index contributed by atoms with van der Waals surface area (Å²) in [7, 11) is 1.48. The lowest BCUT2D eigenvalue weighted by atomic mass is 10.1. The summed E-state index contributed by atoms with van der Waals surface area (Å²) in [6.07, 6.45) is 0.693. The molecule has 1 heterocycles. The van der Waals surface area contributed by atoms with Gasteiger partial charge in [-0.05, 0) is 25.1 Å². The number of carbonyl (C=O) groups is 1. The zero-order valence-corrected chi connectivity index (χ0v) is 9.45. The fraction of sp³-hybridized carbons (Fsp3) is 0.167. The van der Waals surface area contributed by atoms with E-state index >= 15 is 0 Å². The fourth-order valence-electron chi connectivity index (χ4n) is 1.65. The Labute approximate surface area is 97.4 Å². The third-order valence-electron chi connectivity index (χ3n) is 2.53. The Balaban J connectivity index is 2.66. The van der Waals surface area contributed by atoms with Crippen LogP contribution in [0.5, 0.6) is 5.75 Å². The molecule has 2 rings (SSSR count). The number of nitrogens with zero attached hydrogens (tertiary/aromatic N) is 1. The van der Waals surface area contributed by atoms with Gasteiger partial charge in [-0.2, -0.15) is 5.10 Å². The van der Waals surface area contributed by atoms with Crippen LogP contribution < -0.4 is 4.74 Å². The minimum Gasteiger partial charge on any atom is -0.496 e. The maximum Gasteiger partial charge on any atom is 0.154 e. The van der Waals surface area contributed by atoms with E-state index in [4.69, 9.17) is 4.74 Å². The third-order valence-corrected chi connectivity index (χ3v) is 2.53. The predicted octanol–water partition coefficient (Wildman–Crippen LogP) is 2.35. The average molecular weight is 234 g/mol. The lowest BCUT2D eigenvalue weighted by Crippen LogP contribution is -1.92. The molecule has 1 aromatic heterocycles. The number of aromatic nitrogens is 2. The Hall–Kier alpha value is -2.17. The van der Waals surface area contributed by atoms with Gasteiger partial charge in [-0.1, -0.05) is 0 Å². The molecule has 2 aromatic rings. The SMILES string of the molecule is COc1ccc(F)cc1-c1n[nH]c(C)c1C=O. The van der Waals surface area contributed by atoms with Crippen molar-refractivity contribution in [3.8, 4) is 17.0 Å². The first-order valence-corrected chi connectivity index (χ1v) is 5.01. The van der Waals surface area contributed by atoms with Crippen molar-refractivity contribution in [1.29, 1.82) is 0 Å². The molecule has 0 spiro atoms. The van der Waals surface area contributed by atoms with Crippen LogP contribution in [0.1, 0.15) is 16.1 Å². The van der Waals surface area contributed by atoms with E-state index in [2.05, 4.69) is 10.2 Å². The van der Waals surface area contributed by atoms with E-state index < -0.39 is 5.82 Å². The minimum atomic E-state index is -0.404. The van der Waals surface area contributed by atoms with Crippen molar-refractivity contribution >= 4 is 6.29 Å². The van der Waals surface area contributed by atoms with Crippen molar-refractivity contribution < 1.29 is 13.9 Å². The molecular formula is C12H11FN2O2. The first kappa shape index (κ1) is 11.3. The summed E-state index contributed by atoms with van der Waals surface area (Å²) >= 11 is 0. The molecule has 0 bridgehead atoms. The van der Waals surface area contributed by atoms with E-state index in [1.165, 1.54) is 25.3 Å². The summed E-state index contributed by atoms with van der Waals surface area (Å²) in [6.45, 7) is 1.73. The molecule has 0 fully saturated rings. The van der Waals surface area contributed by atoms with E-state index in [-0.39, 0.29) is 0 Å². The zero-order chi connectivity index (χ0) is 12.4. The van der Waals surface area contributed by atoms with E-state index in [1.54, 1.807) is 6.92 Å². The van der Waals surface area contributed by atoms with Gasteiger partial charge in [0.05, 0.1) is 12.7 Å². The maximum atomic E-state index is 13.2. The summed E-state index contributed by atoms with van der Waals surface area (Å²) in [4.78, 5) is 11.0. The molecule has 5 heteroatoms. The Morgan fingerprint density at radius 3 is 2.88 bits per heavy atom. The largest absolute Gasteiger partial charge is 0.496 e. The second kappa shape index (κ2) is 4.37. The molecule has 1 N–H and O–H groups in total. The van der Waals surface area contributed by atoms with Gasteiger partial charge in [0.1, 0.15) is 17.3 Å². The number of carbonyl (C=O) groups excluding carboxylic acids is 1. The van der Waals surface area contributed by atoms with Gasteiger partial charge >= 0.3 is 0 Å². The number of halogens is 1. The van der Waals surface area contributed by atoms with Gasteiger partial charge in [0.15, 0.2) is 6.29 Å². The van der Waals surface area contributed by atoms with Crippen molar-refractivity contribution in [1.82, 2.24) is 10.2 Å². The van der Waals surface area contributed by atoms with E-state index in [9.17, 15) is 9.18 Å². The van der Waals surface area contributed by atoms with Crippen LogP contribution >= 0.6 is 0 Å². The summed E-state index contributed by atoms with van der Waals surface area (Å²) in [5.41, 5.74) is 1.91. The van der Waals surface area contributed by atoms with Crippen molar-refractivity contribution in [2.45, 2.75) is 6.92 Å². The normalized spacial score (nSPS) is 10.3. The summed E-state index contributed by atoms with van der Waals surface area (Å²) in [5.74, 6) is 0.0688. The molecule has 0 radical (unpaired) electrons. The molecule has 0 aliphatic rings. The standard InChI is InChI=1S/C12H11FN2O2/c1-7-10(6-16)12(15-14-7)9-5-8(13)3-4-11(9)17-2/h3-6H,1-2H3,(H,14,15). The molecule has 17 heavy (non-hydrogen) atoms. The molecule has 0 saturated heterocycles. The number of rotatable bonds is 3. The maximum absolute atomic E-state index is 13.2. The molecule has 88 valence electrons. The van der Waals surface area contributed by atoms with E-state index in [1.807, 2.05) is 0 Å². The second-order valence-corrected chi connectivity index (χ2v) is 3.57. The van der Waals surface area contributed by atoms with Crippen molar-refractivity contribution in [2.24, 2.45) is 0 Å². The summed E-state index contributed by atoms with van der Waals surface area (Å²) in [5, 5.41) is 6.70. The van der Waals surface area contributed by atoms with E-state index in [0.717, 1.165) is 0 Å². The van der Waals surface area contributed by atoms with Crippen LogP contribution in [-0.4, -0.2) is 23.6 Å². The highest BCUT2D eigenvalue weighted by Gasteiger charge is 2.16. The van der Waals surface area contributed by atoms with Gasteiger partial charge in [-0.25, -0.2) is 4.39 Å². The number of benzene rings is 1. The van der Waals surface area contributed by atoms with Gasteiger partial charge in [0, 0.05) is 11.3 Å². The lowest BCUT2D eigenvalue weighted by Gasteiger charge is -2.06. The summed E-state index contributed by atoms with van der Waals surface area (Å²) in [6, 6.07) is 4.09. The van der Waals surface area contributed by atoms with Gasteiger partial charge in [0.2, 0.25) is 0 Å². The van der Waals surface area contributed by atoms with Crippen LogP contribution in [0.25, 0.3) is 11.3 Å². The minimum absolute atomic E-state index is 0.397. The van der Waals surface area contributed by atoms with Crippen LogP contribution in [0.3, 0.4) is 0 Å². The molecule has 4 nitrogen and oxygen atoms in total. The van der Waals surface area contributed by atoms with Crippen LogP contribution in [0.2, 0.25) is 0 Å². The first-order chi connectivity index (χ1) is 8.17. The van der Waals surface area contributed by atoms with E-state index in [0.29, 0.717) is 34.6 Å². The number of ether oxygens (including phenoxy) is 1. The number of nitrogens with one attached hydrogen (secondary N) is 1. The highest BCUT2D eigenvalue weighted by Crippen LogP contribution is 2.31. The van der Waals surface area contributed by atoms with Crippen LogP contribution in [0.15, 0.2) is 18.2 Å². The Morgan fingerprint density at radius 1 is 1.47 bits per heavy atom. The van der Waals surface area contributed by atoms with Crippen molar-refractivity contribution in [3.63, 3.8) is 0 Å². The third kappa shape index (κ3) is 1.91. The lowest BCUT2D eigenvalue weighted by molar-refractivity contribution is 0.112. The molecule has 0 unspecified atom stereocenters.